The van der Waals surface area contributed by atoms with E-state index in [0.29, 0.717) is 32.2 Å². The summed E-state index contributed by atoms with van der Waals surface area (Å²) in [7, 11) is 1.85. The number of esters is 2. The molecule has 292 valence electrons. The molecule has 0 radical (unpaired) electrons. The SMILES string of the molecule is CCCCCC(CCCCC)CCOC(=O)CCCCCCCC(CCCCCCCC(=O)OCCC(CCCCC)CCCCC)OC. The highest BCUT2D eigenvalue weighted by Gasteiger charge is 2.12. The molecule has 0 aliphatic carbocycles. The molecule has 0 heterocycles. The van der Waals surface area contributed by atoms with Crippen molar-refractivity contribution in [2.24, 2.45) is 11.8 Å². The number of hydrogen-bond donors (Lipinski definition) is 0. The zero-order chi connectivity index (χ0) is 36.0. The molecule has 0 aromatic heterocycles. The van der Waals surface area contributed by atoms with Gasteiger partial charge >= 0.3 is 11.9 Å². The number of hydrogen-bond acceptors (Lipinski definition) is 5. The molecule has 0 saturated heterocycles. The summed E-state index contributed by atoms with van der Waals surface area (Å²) in [5.41, 5.74) is 0. The molecule has 0 spiro atoms. The summed E-state index contributed by atoms with van der Waals surface area (Å²) >= 11 is 0. The van der Waals surface area contributed by atoms with E-state index in [9.17, 15) is 9.59 Å². The zero-order valence-electron chi connectivity index (χ0n) is 33.8. The van der Waals surface area contributed by atoms with Gasteiger partial charge in [0.15, 0.2) is 0 Å². The molecule has 0 saturated carbocycles. The third-order valence-corrected chi connectivity index (χ3v) is 10.6. The van der Waals surface area contributed by atoms with Gasteiger partial charge in [-0.05, 0) is 50.4 Å². The van der Waals surface area contributed by atoms with Crippen LogP contribution >= 0.6 is 0 Å². The fourth-order valence-electron chi connectivity index (χ4n) is 7.14. The van der Waals surface area contributed by atoms with E-state index in [2.05, 4.69) is 27.7 Å². The third kappa shape index (κ3) is 33.8. The van der Waals surface area contributed by atoms with E-state index >= 15 is 0 Å². The number of carbonyl (C=O) groups excluding carboxylic acids is 2. The van der Waals surface area contributed by atoms with Crippen LogP contribution in [0.1, 0.15) is 233 Å². The van der Waals surface area contributed by atoms with Gasteiger partial charge < -0.3 is 14.2 Å². The summed E-state index contributed by atoms with van der Waals surface area (Å²) in [6.45, 7) is 10.3. The minimum atomic E-state index is -0.00469. The Labute approximate surface area is 306 Å². The molecule has 0 amide bonds. The minimum absolute atomic E-state index is 0.00469. The van der Waals surface area contributed by atoms with Crippen molar-refractivity contribution >= 4 is 11.9 Å². The van der Waals surface area contributed by atoms with Crippen LogP contribution in [-0.4, -0.2) is 38.4 Å². The Morgan fingerprint density at radius 3 is 1.02 bits per heavy atom. The Hall–Kier alpha value is -1.10. The van der Waals surface area contributed by atoms with Gasteiger partial charge in [-0.1, -0.05) is 182 Å². The molecule has 0 unspecified atom stereocenters. The van der Waals surface area contributed by atoms with E-state index < -0.39 is 0 Å². The van der Waals surface area contributed by atoms with E-state index in [4.69, 9.17) is 14.2 Å². The van der Waals surface area contributed by atoms with Gasteiger partial charge in [-0.25, -0.2) is 0 Å². The first-order valence-electron chi connectivity index (χ1n) is 21.8. The lowest BCUT2D eigenvalue weighted by Crippen LogP contribution is -2.11. The Morgan fingerprint density at radius 1 is 0.388 bits per heavy atom. The summed E-state index contributed by atoms with van der Waals surface area (Å²) in [5, 5.41) is 0. The van der Waals surface area contributed by atoms with Gasteiger partial charge in [-0.2, -0.15) is 0 Å². The zero-order valence-corrected chi connectivity index (χ0v) is 33.8. The van der Waals surface area contributed by atoms with Gasteiger partial charge in [0.1, 0.15) is 0 Å². The second-order valence-corrected chi connectivity index (χ2v) is 15.2. The first kappa shape index (κ1) is 47.9. The van der Waals surface area contributed by atoms with Crippen LogP contribution < -0.4 is 0 Å². The molecule has 0 aromatic carbocycles. The Balaban J connectivity index is 3.80. The van der Waals surface area contributed by atoms with Crippen molar-refractivity contribution in [3.63, 3.8) is 0 Å². The first-order valence-corrected chi connectivity index (χ1v) is 21.8. The van der Waals surface area contributed by atoms with Crippen molar-refractivity contribution in [1.29, 1.82) is 0 Å². The summed E-state index contributed by atoms with van der Waals surface area (Å²) in [6, 6.07) is 0. The second kappa shape index (κ2) is 38.1. The van der Waals surface area contributed by atoms with Crippen molar-refractivity contribution in [3.05, 3.63) is 0 Å². The van der Waals surface area contributed by atoms with E-state index in [0.717, 1.165) is 63.2 Å². The van der Waals surface area contributed by atoms with Crippen molar-refractivity contribution in [2.45, 2.75) is 239 Å². The van der Waals surface area contributed by atoms with Crippen LogP contribution in [0.2, 0.25) is 0 Å². The molecule has 0 N–H and O–H groups in total. The van der Waals surface area contributed by atoms with Crippen LogP contribution in [0.15, 0.2) is 0 Å². The Kier molecular flexibility index (Phi) is 37.3. The maximum atomic E-state index is 12.2. The fraction of sp³-hybridized carbons (Fsp3) is 0.955. The summed E-state index contributed by atoms with van der Waals surface area (Å²) in [4.78, 5) is 24.5. The molecule has 49 heavy (non-hydrogen) atoms. The third-order valence-electron chi connectivity index (χ3n) is 10.6. The van der Waals surface area contributed by atoms with E-state index in [1.807, 2.05) is 7.11 Å². The average Bonchev–Trinajstić information content (AvgIpc) is 3.09. The number of rotatable bonds is 39. The summed E-state index contributed by atoms with van der Waals surface area (Å²) < 4.78 is 17.0. The maximum Gasteiger partial charge on any atom is 0.305 e. The molecule has 5 heteroatoms. The van der Waals surface area contributed by atoms with Crippen LogP contribution in [0, 0.1) is 11.8 Å². The van der Waals surface area contributed by atoms with Crippen LogP contribution in [0.4, 0.5) is 0 Å². The molecule has 0 bridgehead atoms. The van der Waals surface area contributed by atoms with E-state index in [1.54, 1.807) is 0 Å². The maximum absolute atomic E-state index is 12.2. The molecule has 5 nitrogen and oxygen atoms in total. The van der Waals surface area contributed by atoms with E-state index in [-0.39, 0.29) is 11.9 Å². The van der Waals surface area contributed by atoms with Crippen LogP contribution in [-0.2, 0) is 23.8 Å². The van der Waals surface area contributed by atoms with Gasteiger partial charge in [0, 0.05) is 20.0 Å². The highest BCUT2D eigenvalue weighted by atomic mass is 16.5. The molecule has 0 aliphatic heterocycles. The monoisotopic (exact) mass is 695 g/mol. The molecule has 0 aliphatic rings. The smallest absolute Gasteiger partial charge is 0.305 e. The van der Waals surface area contributed by atoms with Gasteiger partial charge in [0.25, 0.3) is 0 Å². The van der Waals surface area contributed by atoms with Crippen molar-refractivity contribution in [1.82, 2.24) is 0 Å². The number of ether oxygens (including phenoxy) is 3. The number of unbranched alkanes of at least 4 members (excludes halogenated alkanes) is 16. The van der Waals surface area contributed by atoms with Gasteiger partial charge in [0.05, 0.1) is 19.3 Å². The quantitative estimate of drug-likeness (QED) is 0.0473. The fourth-order valence-corrected chi connectivity index (χ4v) is 7.14. The second-order valence-electron chi connectivity index (χ2n) is 15.2. The summed E-state index contributed by atoms with van der Waals surface area (Å²) in [6.07, 6.45) is 37.8. The standard InChI is InChI=1S/C44H86O5/c1-6-10-20-28-40(29-21-11-7-2)36-38-48-43(45)34-26-18-14-16-24-32-42(47-5)33-25-17-15-19-27-35-44(46)49-39-37-41(30-22-12-8-3)31-23-13-9-4/h40-42H,6-39H2,1-5H3. The first-order chi connectivity index (χ1) is 24.0. The topological polar surface area (TPSA) is 61.8 Å². The highest BCUT2D eigenvalue weighted by Crippen LogP contribution is 2.23. The predicted molar refractivity (Wildman–Crippen MR) is 210 cm³/mol. The lowest BCUT2D eigenvalue weighted by atomic mass is 9.92. The van der Waals surface area contributed by atoms with E-state index in [1.165, 1.54) is 141 Å². The van der Waals surface area contributed by atoms with Gasteiger partial charge in [-0.3, -0.25) is 9.59 Å². The molecule has 0 atom stereocenters. The van der Waals surface area contributed by atoms with Gasteiger partial charge in [-0.15, -0.1) is 0 Å². The summed E-state index contributed by atoms with van der Waals surface area (Å²) in [5.74, 6) is 1.43. The van der Waals surface area contributed by atoms with Gasteiger partial charge in [0.2, 0.25) is 0 Å². The van der Waals surface area contributed by atoms with Crippen molar-refractivity contribution in [2.75, 3.05) is 20.3 Å². The normalized spacial score (nSPS) is 11.7. The lowest BCUT2D eigenvalue weighted by Gasteiger charge is -2.17. The van der Waals surface area contributed by atoms with Crippen molar-refractivity contribution in [3.8, 4) is 0 Å². The molecule has 0 rings (SSSR count). The molecule has 0 fully saturated rings. The van der Waals surface area contributed by atoms with Crippen LogP contribution in [0.5, 0.6) is 0 Å². The number of methoxy groups -OCH3 is 1. The predicted octanol–water partition coefficient (Wildman–Crippen LogP) is 13.9. The van der Waals surface area contributed by atoms with Crippen LogP contribution in [0.25, 0.3) is 0 Å². The Bertz CT molecular complexity index is 619. The largest absolute Gasteiger partial charge is 0.466 e. The van der Waals surface area contributed by atoms with Crippen molar-refractivity contribution < 1.29 is 23.8 Å². The molecule has 0 aromatic rings. The van der Waals surface area contributed by atoms with Crippen LogP contribution in [0.3, 0.4) is 0 Å². The average molecular weight is 695 g/mol. The number of carbonyl (C=O) groups is 2. The Morgan fingerprint density at radius 2 is 0.694 bits per heavy atom. The highest BCUT2D eigenvalue weighted by molar-refractivity contribution is 5.69. The minimum Gasteiger partial charge on any atom is -0.466 e. The lowest BCUT2D eigenvalue weighted by molar-refractivity contribution is -0.145. The molecular weight excluding hydrogens is 608 g/mol. The molecular formula is C44H86O5.